The van der Waals surface area contributed by atoms with E-state index < -0.39 is 11.8 Å². The third-order valence-electron chi connectivity index (χ3n) is 2.85. The lowest BCUT2D eigenvalue weighted by Crippen LogP contribution is -2.18. The van der Waals surface area contributed by atoms with E-state index in [2.05, 4.69) is 20.9 Å². The zero-order valence-electron chi connectivity index (χ0n) is 10.7. The van der Waals surface area contributed by atoms with E-state index in [4.69, 9.17) is 9.84 Å². The van der Waals surface area contributed by atoms with Crippen LogP contribution in [0.2, 0.25) is 0 Å². The molecule has 106 valence electrons. The van der Waals surface area contributed by atoms with Crippen molar-refractivity contribution in [1.82, 2.24) is 4.98 Å². The van der Waals surface area contributed by atoms with Gasteiger partial charge in [-0.3, -0.25) is 9.78 Å². The molecule has 0 amide bonds. The van der Waals surface area contributed by atoms with Crippen LogP contribution in [0.15, 0.2) is 28.5 Å². The Morgan fingerprint density at radius 2 is 2.20 bits per heavy atom. The summed E-state index contributed by atoms with van der Waals surface area (Å²) in [7, 11) is 0. The number of ketones is 1. The van der Waals surface area contributed by atoms with E-state index in [0.29, 0.717) is 22.6 Å². The topological polar surface area (TPSA) is 76.5 Å². The molecule has 1 fully saturated rings. The summed E-state index contributed by atoms with van der Waals surface area (Å²) < 4.78 is 5.95. The standard InChI is InChI=1S/C14H14BrNO4/c15-11-3-10(5-16-6-11)4-12(14(18)19)13(17)8-20-7-9-1-2-9/h3-6,9H,1-2,7-8H2,(H,18,19)/b12-4+. The first-order valence-electron chi connectivity index (χ1n) is 6.22. The van der Waals surface area contributed by atoms with Crippen molar-refractivity contribution < 1.29 is 19.4 Å². The van der Waals surface area contributed by atoms with Crippen molar-refractivity contribution >= 4 is 33.8 Å². The Balaban J connectivity index is 2.04. The molecule has 0 atom stereocenters. The van der Waals surface area contributed by atoms with E-state index in [9.17, 15) is 9.59 Å². The molecule has 0 aromatic carbocycles. The Bertz CT molecular complexity index is 552. The number of aromatic nitrogens is 1. The predicted octanol–water partition coefficient (Wildman–Crippen LogP) is 2.31. The Kier molecular flexibility index (Phi) is 5.03. The minimum absolute atomic E-state index is 0.198. The lowest BCUT2D eigenvalue weighted by atomic mass is 10.1. The fraction of sp³-hybridized carbons (Fsp3) is 0.357. The van der Waals surface area contributed by atoms with Crippen LogP contribution in [0.4, 0.5) is 0 Å². The molecule has 5 nitrogen and oxygen atoms in total. The van der Waals surface area contributed by atoms with E-state index in [1.807, 2.05) is 0 Å². The van der Waals surface area contributed by atoms with Gasteiger partial charge in [-0.05, 0) is 52.4 Å². The number of aliphatic carboxylic acids is 1. The average Bonchev–Trinajstić information content (AvgIpc) is 3.19. The van der Waals surface area contributed by atoms with Gasteiger partial charge < -0.3 is 9.84 Å². The van der Waals surface area contributed by atoms with Crippen molar-refractivity contribution in [1.29, 1.82) is 0 Å². The fourth-order valence-corrected chi connectivity index (χ4v) is 2.00. The zero-order valence-corrected chi connectivity index (χ0v) is 12.3. The number of rotatable bonds is 7. The second kappa shape index (κ2) is 6.76. The van der Waals surface area contributed by atoms with Crippen LogP contribution in [0.25, 0.3) is 6.08 Å². The Labute approximate surface area is 124 Å². The predicted molar refractivity (Wildman–Crippen MR) is 76.1 cm³/mol. The molecule has 2 rings (SSSR count). The molecule has 0 aliphatic heterocycles. The van der Waals surface area contributed by atoms with Crippen LogP contribution < -0.4 is 0 Å². The van der Waals surface area contributed by atoms with Gasteiger partial charge in [-0.2, -0.15) is 0 Å². The summed E-state index contributed by atoms with van der Waals surface area (Å²) in [6.07, 6.45) is 6.63. The summed E-state index contributed by atoms with van der Waals surface area (Å²) in [5.74, 6) is -1.25. The molecule has 1 N–H and O–H groups in total. The maximum atomic E-state index is 11.9. The molecule has 1 heterocycles. The zero-order chi connectivity index (χ0) is 14.5. The van der Waals surface area contributed by atoms with Gasteiger partial charge in [0.15, 0.2) is 5.78 Å². The number of Topliss-reactive ketones (excluding diaryl/α,β-unsaturated/α-hetero) is 1. The molecule has 0 saturated heterocycles. The Morgan fingerprint density at radius 1 is 1.45 bits per heavy atom. The molecule has 1 aliphatic carbocycles. The summed E-state index contributed by atoms with van der Waals surface area (Å²) >= 11 is 3.24. The monoisotopic (exact) mass is 339 g/mol. The number of carbonyl (C=O) groups is 2. The van der Waals surface area contributed by atoms with Gasteiger partial charge in [0.05, 0.1) is 6.61 Å². The van der Waals surface area contributed by atoms with Crippen LogP contribution in [-0.4, -0.2) is 35.1 Å². The van der Waals surface area contributed by atoms with Gasteiger partial charge in [0, 0.05) is 16.9 Å². The van der Waals surface area contributed by atoms with E-state index in [1.54, 1.807) is 12.3 Å². The highest BCUT2D eigenvalue weighted by Gasteiger charge is 2.23. The van der Waals surface area contributed by atoms with Crippen LogP contribution in [0.3, 0.4) is 0 Å². The molecule has 1 aromatic rings. The van der Waals surface area contributed by atoms with Gasteiger partial charge in [-0.15, -0.1) is 0 Å². The number of hydrogen-bond acceptors (Lipinski definition) is 4. The Hall–Kier alpha value is -1.53. The van der Waals surface area contributed by atoms with E-state index >= 15 is 0 Å². The van der Waals surface area contributed by atoms with Gasteiger partial charge in [0.1, 0.15) is 12.2 Å². The second-order valence-electron chi connectivity index (χ2n) is 4.68. The van der Waals surface area contributed by atoms with Crippen LogP contribution in [0, 0.1) is 5.92 Å². The fourth-order valence-electron chi connectivity index (χ4n) is 1.62. The molecule has 0 spiro atoms. The second-order valence-corrected chi connectivity index (χ2v) is 5.60. The van der Waals surface area contributed by atoms with Crippen molar-refractivity contribution in [2.75, 3.05) is 13.2 Å². The number of carbonyl (C=O) groups excluding carboxylic acids is 1. The van der Waals surface area contributed by atoms with Crippen molar-refractivity contribution in [3.8, 4) is 0 Å². The minimum Gasteiger partial charge on any atom is -0.478 e. The number of ether oxygens (including phenoxy) is 1. The van der Waals surface area contributed by atoms with Crippen molar-refractivity contribution in [2.24, 2.45) is 5.92 Å². The first kappa shape index (κ1) is 14.9. The highest BCUT2D eigenvalue weighted by molar-refractivity contribution is 9.10. The van der Waals surface area contributed by atoms with Gasteiger partial charge in [-0.25, -0.2) is 4.79 Å². The van der Waals surface area contributed by atoms with Crippen LogP contribution in [-0.2, 0) is 14.3 Å². The highest BCUT2D eigenvalue weighted by Crippen LogP contribution is 2.28. The number of hydrogen-bond donors (Lipinski definition) is 1. The van der Waals surface area contributed by atoms with Crippen molar-refractivity contribution in [3.05, 3.63) is 34.1 Å². The largest absolute Gasteiger partial charge is 0.478 e. The number of nitrogens with zero attached hydrogens (tertiary/aromatic N) is 1. The SMILES string of the molecule is O=C(O)/C(=C/c1cncc(Br)c1)C(=O)COCC1CC1. The summed E-state index contributed by atoms with van der Waals surface area (Å²) in [4.78, 5) is 27.0. The van der Waals surface area contributed by atoms with E-state index in [0.717, 1.165) is 12.8 Å². The van der Waals surface area contributed by atoms with E-state index in [-0.39, 0.29) is 12.2 Å². The molecule has 20 heavy (non-hydrogen) atoms. The normalized spacial score (nSPS) is 15.2. The maximum absolute atomic E-state index is 11.9. The molecule has 1 aliphatic rings. The smallest absolute Gasteiger partial charge is 0.339 e. The van der Waals surface area contributed by atoms with Crippen LogP contribution in [0.1, 0.15) is 18.4 Å². The summed E-state index contributed by atoms with van der Waals surface area (Å²) in [6, 6.07) is 1.69. The molecule has 6 heteroatoms. The lowest BCUT2D eigenvalue weighted by Gasteiger charge is -2.04. The summed E-state index contributed by atoms with van der Waals surface area (Å²) in [5.41, 5.74) is 0.257. The summed E-state index contributed by atoms with van der Waals surface area (Å²) in [5, 5.41) is 9.12. The molecular formula is C14H14BrNO4. The van der Waals surface area contributed by atoms with Crippen LogP contribution in [0.5, 0.6) is 0 Å². The van der Waals surface area contributed by atoms with Gasteiger partial charge in [0.2, 0.25) is 0 Å². The van der Waals surface area contributed by atoms with Gasteiger partial charge in [0.25, 0.3) is 0 Å². The minimum atomic E-state index is -1.26. The van der Waals surface area contributed by atoms with Crippen LogP contribution >= 0.6 is 15.9 Å². The number of carboxylic acid groups (broad SMARTS) is 1. The first-order chi connectivity index (χ1) is 9.56. The Morgan fingerprint density at radius 3 is 2.80 bits per heavy atom. The molecule has 1 aromatic heterocycles. The first-order valence-corrected chi connectivity index (χ1v) is 7.02. The number of halogens is 1. The number of pyridine rings is 1. The molecule has 0 unspecified atom stereocenters. The third kappa shape index (κ3) is 4.54. The van der Waals surface area contributed by atoms with Gasteiger partial charge >= 0.3 is 5.97 Å². The molecule has 1 saturated carbocycles. The van der Waals surface area contributed by atoms with Crippen molar-refractivity contribution in [2.45, 2.75) is 12.8 Å². The average molecular weight is 340 g/mol. The van der Waals surface area contributed by atoms with E-state index in [1.165, 1.54) is 12.3 Å². The van der Waals surface area contributed by atoms with Gasteiger partial charge in [-0.1, -0.05) is 0 Å². The lowest BCUT2D eigenvalue weighted by molar-refractivity contribution is -0.135. The molecule has 0 bridgehead atoms. The maximum Gasteiger partial charge on any atom is 0.339 e. The molecule has 0 radical (unpaired) electrons. The van der Waals surface area contributed by atoms with Crippen molar-refractivity contribution in [3.63, 3.8) is 0 Å². The molecular weight excluding hydrogens is 326 g/mol. The summed E-state index contributed by atoms with van der Waals surface area (Å²) in [6.45, 7) is 0.327. The number of carboxylic acids is 1. The highest BCUT2D eigenvalue weighted by atomic mass is 79.9. The third-order valence-corrected chi connectivity index (χ3v) is 3.29. The quantitative estimate of drug-likeness (QED) is 0.468.